The number of hydrogen-bond acceptors (Lipinski definition) is 5. The third-order valence-corrected chi connectivity index (χ3v) is 3.98. The number of hydrogen-bond donors (Lipinski definition) is 0. The Morgan fingerprint density at radius 2 is 2.31 bits per heavy atom. The Balaban J connectivity index is 2.08. The molecule has 2 heterocycles. The van der Waals surface area contributed by atoms with E-state index in [0.29, 0.717) is 12.1 Å². The highest BCUT2D eigenvalue weighted by molar-refractivity contribution is 7.73. The Morgan fingerprint density at radius 3 is 2.94 bits per heavy atom. The van der Waals surface area contributed by atoms with Crippen molar-refractivity contribution in [2.24, 2.45) is 0 Å². The van der Waals surface area contributed by atoms with Crippen molar-refractivity contribution < 1.29 is 4.74 Å². The molecule has 1 saturated heterocycles. The van der Waals surface area contributed by atoms with Gasteiger partial charge >= 0.3 is 0 Å². The molecule has 90 valence electrons. The molecule has 0 N–H and O–H groups in total. The van der Waals surface area contributed by atoms with Crippen LogP contribution in [0.3, 0.4) is 0 Å². The van der Waals surface area contributed by atoms with Gasteiger partial charge < -0.3 is 4.74 Å². The number of aryl methyl sites for hydroxylation is 1. The lowest BCUT2D eigenvalue weighted by Crippen LogP contribution is -2.47. The molecule has 1 aliphatic heterocycles. The summed E-state index contributed by atoms with van der Waals surface area (Å²) in [5.74, 6) is 0. The molecule has 0 bridgehead atoms. The normalized spacial score (nSPS) is 27.2. The first-order valence-corrected chi connectivity index (χ1v) is 6.69. The highest BCUT2D eigenvalue weighted by Gasteiger charge is 2.23. The molecular formula is C10H17N3OS2. The van der Waals surface area contributed by atoms with Gasteiger partial charge in [-0.3, -0.25) is 4.90 Å². The molecule has 0 aliphatic carbocycles. The highest BCUT2D eigenvalue weighted by atomic mass is 32.1. The van der Waals surface area contributed by atoms with Crippen LogP contribution in [0.5, 0.6) is 0 Å². The van der Waals surface area contributed by atoms with Gasteiger partial charge in [0.15, 0.2) is 3.95 Å². The minimum atomic E-state index is 0.296. The number of aromatic nitrogens is 2. The van der Waals surface area contributed by atoms with Crippen molar-refractivity contribution in [2.45, 2.75) is 39.6 Å². The number of morpholine rings is 1. The molecule has 0 saturated carbocycles. The van der Waals surface area contributed by atoms with Crippen molar-refractivity contribution in [2.75, 3.05) is 13.2 Å². The second-order valence-electron chi connectivity index (χ2n) is 4.29. The van der Waals surface area contributed by atoms with Crippen molar-refractivity contribution in [3.8, 4) is 0 Å². The molecule has 1 aliphatic rings. The maximum absolute atomic E-state index is 5.60. The maximum atomic E-state index is 5.60. The van der Waals surface area contributed by atoms with Gasteiger partial charge in [-0.2, -0.15) is 5.10 Å². The van der Waals surface area contributed by atoms with Gasteiger partial charge in [0.1, 0.15) is 5.01 Å². The van der Waals surface area contributed by atoms with Crippen LogP contribution in [-0.2, 0) is 11.4 Å². The summed E-state index contributed by atoms with van der Waals surface area (Å²) in [7, 11) is 0. The van der Waals surface area contributed by atoms with Crippen molar-refractivity contribution in [3.63, 3.8) is 0 Å². The fourth-order valence-electron chi connectivity index (χ4n) is 1.84. The largest absolute Gasteiger partial charge is 0.376 e. The van der Waals surface area contributed by atoms with Crippen LogP contribution in [0.25, 0.3) is 0 Å². The fraction of sp³-hybridized carbons (Fsp3) is 0.800. The van der Waals surface area contributed by atoms with E-state index in [1.54, 1.807) is 11.3 Å². The van der Waals surface area contributed by atoms with Crippen LogP contribution < -0.4 is 0 Å². The molecule has 0 spiro atoms. The van der Waals surface area contributed by atoms with Gasteiger partial charge in [-0.15, -0.1) is 0 Å². The lowest BCUT2D eigenvalue weighted by Gasteiger charge is -2.36. The molecule has 2 atom stereocenters. The number of ether oxygens (including phenoxy) is 1. The Morgan fingerprint density at radius 1 is 1.56 bits per heavy atom. The molecule has 1 fully saturated rings. The smallest absolute Gasteiger partial charge is 0.180 e. The topological polar surface area (TPSA) is 30.3 Å². The predicted molar refractivity (Wildman–Crippen MR) is 67.3 cm³/mol. The van der Waals surface area contributed by atoms with Gasteiger partial charge in [-0.1, -0.05) is 11.3 Å². The molecule has 0 amide bonds. The molecule has 2 rings (SSSR count). The summed E-state index contributed by atoms with van der Waals surface area (Å²) in [5, 5.41) is 5.44. The first-order chi connectivity index (χ1) is 7.56. The van der Waals surface area contributed by atoms with Crippen LogP contribution >= 0.6 is 23.6 Å². The lowest BCUT2D eigenvalue weighted by atomic mass is 10.2. The Labute approximate surface area is 105 Å². The van der Waals surface area contributed by atoms with Crippen molar-refractivity contribution in [1.82, 2.24) is 14.7 Å². The average molecular weight is 259 g/mol. The van der Waals surface area contributed by atoms with E-state index >= 15 is 0 Å². The van der Waals surface area contributed by atoms with E-state index in [9.17, 15) is 0 Å². The molecule has 4 nitrogen and oxygen atoms in total. The molecule has 0 radical (unpaired) electrons. The standard InChI is InChI=1S/C10H17N3OS2/c1-7-5-14-8(2)4-12(7)6-13-10(15)16-9(3)11-13/h7-8H,4-6H2,1-3H3. The summed E-state index contributed by atoms with van der Waals surface area (Å²) in [5.41, 5.74) is 0. The molecule has 1 aromatic rings. The van der Waals surface area contributed by atoms with Crippen LogP contribution in [0.4, 0.5) is 0 Å². The van der Waals surface area contributed by atoms with E-state index in [1.165, 1.54) is 0 Å². The zero-order valence-electron chi connectivity index (χ0n) is 9.84. The van der Waals surface area contributed by atoms with E-state index in [0.717, 1.165) is 28.8 Å². The third kappa shape index (κ3) is 2.68. The lowest BCUT2D eigenvalue weighted by molar-refractivity contribution is -0.0624. The van der Waals surface area contributed by atoms with Crippen molar-refractivity contribution >= 4 is 23.6 Å². The van der Waals surface area contributed by atoms with Gasteiger partial charge in [0.05, 0.1) is 19.4 Å². The first-order valence-electron chi connectivity index (χ1n) is 5.46. The SMILES string of the molecule is Cc1nn(CN2CC(C)OCC2C)c(=S)s1. The minimum absolute atomic E-state index is 0.296. The molecule has 0 aromatic carbocycles. The minimum Gasteiger partial charge on any atom is -0.376 e. The van der Waals surface area contributed by atoms with Crippen molar-refractivity contribution in [1.29, 1.82) is 0 Å². The van der Waals surface area contributed by atoms with Gasteiger partial charge in [0.25, 0.3) is 0 Å². The van der Waals surface area contributed by atoms with Gasteiger partial charge in [-0.05, 0) is 33.0 Å². The summed E-state index contributed by atoms with van der Waals surface area (Å²) in [6.07, 6.45) is 0.296. The Kier molecular flexibility index (Phi) is 3.73. The zero-order valence-corrected chi connectivity index (χ0v) is 11.5. The fourth-order valence-corrected chi connectivity index (χ4v) is 2.90. The van der Waals surface area contributed by atoms with Crippen LogP contribution in [0.15, 0.2) is 0 Å². The van der Waals surface area contributed by atoms with Crippen LogP contribution in [-0.4, -0.2) is 40.0 Å². The first kappa shape index (κ1) is 12.2. The van der Waals surface area contributed by atoms with Crippen LogP contribution in [0.2, 0.25) is 0 Å². The second kappa shape index (κ2) is 4.91. The van der Waals surface area contributed by atoms with Crippen molar-refractivity contribution in [3.05, 3.63) is 8.96 Å². The molecular weight excluding hydrogens is 242 g/mol. The van der Waals surface area contributed by atoms with E-state index in [4.69, 9.17) is 17.0 Å². The zero-order chi connectivity index (χ0) is 11.7. The summed E-state index contributed by atoms with van der Waals surface area (Å²) in [4.78, 5) is 2.36. The Bertz CT molecular complexity index is 414. The summed E-state index contributed by atoms with van der Waals surface area (Å²) >= 11 is 6.84. The average Bonchev–Trinajstić information content (AvgIpc) is 2.51. The van der Waals surface area contributed by atoms with E-state index in [-0.39, 0.29) is 0 Å². The van der Waals surface area contributed by atoms with Crippen LogP contribution in [0, 0.1) is 10.9 Å². The number of nitrogens with zero attached hydrogens (tertiary/aromatic N) is 3. The second-order valence-corrected chi connectivity index (χ2v) is 6.12. The molecule has 16 heavy (non-hydrogen) atoms. The van der Waals surface area contributed by atoms with Crippen LogP contribution in [0.1, 0.15) is 18.9 Å². The quantitative estimate of drug-likeness (QED) is 0.761. The van der Waals surface area contributed by atoms with Gasteiger partial charge in [0.2, 0.25) is 0 Å². The highest BCUT2D eigenvalue weighted by Crippen LogP contribution is 2.14. The van der Waals surface area contributed by atoms with E-state index < -0.39 is 0 Å². The monoisotopic (exact) mass is 259 g/mol. The van der Waals surface area contributed by atoms with Gasteiger partial charge in [0, 0.05) is 12.6 Å². The maximum Gasteiger partial charge on any atom is 0.180 e. The predicted octanol–water partition coefficient (Wildman–Crippen LogP) is 2.05. The summed E-state index contributed by atoms with van der Waals surface area (Å²) in [6.45, 7) is 8.77. The molecule has 6 heteroatoms. The summed E-state index contributed by atoms with van der Waals surface area (Å²) < 4.78 is 8.36. The van der Waals surface area contributed by atoms with E-state index in [2.05, 4.69) is 23.8 Å². The Hall–Kier alpha value is -0.300. The van der Waals surface area contributed by atoms with E-state index in [1.807, 2.05) is 11.6 Å². The molecule has 2 unspecified atom stereocenters. The molecule has 1 aromatic heterocycles. The summed E-state index contributed by atoms with van der Waals surface area (Å²) in [6, 6.07) is 0.431. The van der Waals surface area contributed by atoms with Gasteiger partial charge in [-0.25, -0.2) is 4.68 Å². The third-order valence-electron chi connectivity index (χ3n) is 2.76. The number of rotatable bonds is 2.